The van der Waals surface area contributed by atoms with E-state index in [2.05, 4.69) is 0 Å². The first-order valence-electron chi connectivity index (χ1n) is 7.01. The van der Waals surface area contributed by atoms with Crippen LogP contribution in [0.4, 0.5) is 0 Å². The fourth-order valence-electron chi connectivity index (χ4n) is 3.17. The summed E-state index contributed by atoms with van der Waals surface area (Å²) in [6.45, 7) is 0. The number of aliphatic hydroxyl groups is 1. The molecule has 5 heteroatoms. The molecular formula is C17H13ClO3S. The summed E-state index contributed by atoms with van der Waals surface area (Å²) in [4.78, 5) is 13.0. The Morgan fingerprint density at radius 3 is 2.64 bits per heavy atom. The number of thioether (sulfide) groups is 1. The lowest BCUT2D eigenvalue weighted by atomic mass is 9.84. The van der Waals surface area contributed by atoms with Crippen molar-refractivity contribution in [2.45, 2.75) is 17.0 Å². The first kappa shape index (κ1) is 14.1. The SMILES string of the molecule is O=C1c2ccccc2O[C@]12[C@@H](O)CS[C@H]2c1ccc(Cl)cc1. The molecule has 0 amide bonds. The number of rotatable bonds is 1. The molecule has 1 spiro atoms. The number of carbonyl (C=O) groups excluding carboxylic acids is 1. The first-order valence-corrected chi connectivity index (χ1v) is 8.43. The molecule has 0 unspecified atom stereocenters. The van der Waals surface area contributed by atoms with Gasteiger partial charge in [-0.25, -0.2) is 0 Å². The summed E-state index contributed by atoms with van der Waals surface area (Å²) in [5, 5.41) is 10.9. The summed E-state index contributed by atoms with van der Waals surface area (Å²) >= 11 is 7.49. The molecular weight excluding hydrogens is 320 g/mol. The second-order valence-electron chi connectivity index (χ2n) is 5.50. The van der Waals surface area contributed by atoms with Crippen molar-refractivity contribution in [3.05, 3.63) is 64.7 Å². The highest BCUT2D eigenvalue weighted by atomic mass is 35.5. The van der Waals surface area contributed by atoms with Crippen LogP contribution in [0, 0.1) is 0 Å². The van der Waals surface area contributed by atoms with E-state index in [-0.39, 0.29) is 11.0 Å². The highest BCUT2D eigenvalue weighted by Gasteiger charge is 2.62. The van der Waals surface area contributed by atoms with Crippen LogP contribution in [0.25, 0.3) is 0 Å². The summed E-state index contributed by atoms with van der Waals surface area (Å²) in [6.07, 6.45) is -0.835. The van der Waals surface area contributed by atoms with E-state index in [1.54, 1.807) is 36.0 Å². The summed E-state index contributed by atoms with van der Waals surface area (Å²) < 4.78 is 6.02. The van der Waals surface area contributed by atoms with Crippen molar-refractivity contribution < 1.29 is 14.6 Å². The van der Waals surface area contributed by atoms with Gasteiger partial charge in [0.05, 0.1) is 10.8 Å². The molecule has 112 valence electrons. The number of para-hydroxylation sites is 1. The molecule has 1 saturated heterocycles. The minimum absolute atomic E-state index is 0.138. The summed E-state index contributed by atoms with van der Waals surface area (Å²) in [5.41, 5.74) is 0.248. The van der Waals surface area contributed by atoms with Crippen LogP contribution in [0.5, 0.6) is 5.75 Å². The van der Waals surface area contributed by atoms with Crippen molar-refractivity contribution in [1.29, 1.82) is 0 Å². The van der Waals surface area contributed by atoms with Gasteiger partial charge in [0.25, 0.3) is 0 Å². The highest BCUT2D eigenvalue weighted by molar-refractivity contribution is 8.00. The zero-order valence-electron chi connectivity index (χ0n) is 11.5. The molecule has 0 saturated carbocycles. The lowest BCUT2D eigenvalue weighted by Crippen LogP contribution is -2.51. The quantitative estimate of drug-likeness (QED) is 0.868. The van der Waals surface area contributed by atoms with Gasteiger partial charge in [-0.1, -0.05) is 35.9 Å². The van der Waals surface area contributed by atoms with Gasteiger partial charge >= 0.3 is 0 Å². The van der Waals surface area contributed by atoms with Gasteiger partial charge in [-0.2, -0.15) is 0 Å². The second kappa shape index (κ2) is 5.01. The molecule has 2 aromatic rings. The Hall–Kier alpha value is -1.49. The number of hydrogen-bond acceptors (Lipinski definition) is 4. The Labute approximate surface area is 137 Å². The fourth-order valence-corrected chi connectivity index (χ4v) is 4.82. The van der Waals surface area contributed by atoms with E-state index in [4.69, 9.17) is 16.3 Å². The maximum absolute atomic E-state index is 13.0. The lowest BCUT2D eigenvalue weighted by molar-refractivity contribution is -0.00800. The van der Waals surface area contributed by atoms with Gasteiger partial charge in [-0.15, -0.1) is 11.8 Å². The molecule has 0 aliphatic carbocycles. The maximum Gasteiger partial charge on any atom is 0.214 e. The zero-order chi connectivity index (χ0) is 15.3. The van der Waals surface area contributed by atoms with Gasteiger partial charge in [0.15, 0.2) is 0 Å². The molecule has 1 N–H and O–H groups in total. The molecule has 2 aliphatic heterocycles. The Balaban J connectivity index is 1.82. The average molecular weight is 333 g/mol. The molecule has 2 heterocycles. The molecule has 4 rings (SSSR count). The van der Waals surface area contributed by atoms with E-state index in [9.17, 15) is 9.90 Å². The Kier molecular flexibility index (Phi) is 3.22. The summed E-state index contributed by atoms with van der Waals surface area (Å²) in [5.74, 6) is 0.876. The third-order valence-electron chi connectivity index (χ3n) is 4.24. The van der Waals surface area contributed by atoms with Gasteiger partial charge in [0.2, 0.25) is 11.4 Å². The fraction of sp³-hybridized carbons (Fsp3) is 0.235. The maximum atomic E-state index is 13.0. The molecule has 2 aliphatic rings. The molecule has 2 aromatic carbocycles. The monoisotopic (exact) mass is 332 g/mol. The molecule has 0 bridgehead atoms. The van der Waals surface area contributed by atoms with Crippen molar-refractivity contribution >= 4 is 29.1 Å². The van der Waals surface area contributed by atoms with Gasteiger partial charge in [0.1, 0.15) is 11.9 Å². The standard InChI is InChI=1S/C17H13ClO3S/c18-11-7-5-10(6-8-11)16-17(14(19)9-22-16)15(20)12-3-1-2-4-13(12)21-17/h1-8,14,16,19H,9H2/t14-,16-,17+/m0/s1. The summed E-state index contributed by atoms with van der Waals surface area (Å²) in [7, 11) is 0. The van der Waals surface area contributed by atoms with Crippen LogP contribution in [0.2, 0.25) is 5.02 Å². The summed E-state index contributed by atoms with van der Waals surface area (Å²) in [6, 6.07) is 14.5. The van der Waals surface area contributed by atoms with E-state index in [1.807, 2.05) is 24.3 Å². The predicted octanol–water partition coefficient (Wildman–Crippen LogP) is 3.50. The zero-order valence-corrected chi connectivity index (χ0v) is 13.1. The van der Waals surface area contributed by atoms with E-state index in [0.29, 0.717) is 22.1 Å². The largest absolute Gasteiger partial charge is 0.474 e. The third-order valence-corrected chi connectivity index (χ3v) is 5.96. The lowest BCUT2D eigenvalue weighted by Gasteiger charge is -2.31. The molecule has 3 atom stereocenters. The van der Waals surface area contributed by atoms with Gasteiger partial charge in [0, 0.05) is 10.8 Å². The molecule has 0 radical (unpaired) electrons. The van der Waals surface area contributed by atoms with Crippen LogP contribution in [0.3, 0.4) is 0 Å². The topological polar surface area (TPSA) is 46.5 Å². The van der Waals surface area contributed by atoms with E-state index in [1.165, 1.54) is 0 Å². The number of ether oxygens (including phenoxy) is 1. The van der Waals surface area contributed by atoms with Crippen LogP contribution in [-0.2, 0) is 0 Å². The van der Waals surface area contributed by atoms with E-state index < -0.39 is 11.7 Å². The van der Waals surface area contributed by atoms with Crippen LogP contribution in [0.1, 0.15) is 21.2 Å². The second-order valence-corrected chi connectivity index (χ2v) is 7.08. The van der Waals surface area contributed by atoms with Crippen molar-refractivity contribution in [3.8, 4) is 5.75 Å². The van der Waals surface area contributed by atoms with Crippen molar-refractivity contribution in [2.75, 3.05) is 5.75 Å². The predicted molar refractivity (Wildman–Crippen MR) is 86.8 cm³/mol. The number of halogens is 1. The third kappa shape index (κ3) is 1.84. The van der Waals surface area contributed by atoms with Gasteiger partial charge < -0.3 is 9.84 Å². The van der Waals surface area contributed by atoms with Gasteiger partial charge in [-0.3, -0.25) is 4.79 Å². The van der Waals surface area contributed by atoms with Crippen LogP contribution >= 0.6 is 23.4 Å². The molecule has 3 nitrogen and oxygen atoms in total. The Morgan fingerprint density at radius 2 is 1.91 bits per heavy atom. The first-order chi connectivity index (χ1) is 10.6. The average Bonchev–Trinajstić information content (AvgIpc) is 3.01. The van der Waals surface area contributed by atoms with Gasteiger partial charge in [-0.05, 0) is 29.8 Å². The van der Waals surface area contributed by atoms with Crippen LogP contribution in [0.15, 0.2) is 48.5 Å². The van der Waals surface area contributed by atoms with Crippen molar-refractivity contribution in [2.24, 2.45) is 0 Å². The number of hydrogen-bond donors (Lipinski definition) is 1. The number of carbonyl (C=O) groups is 1. The normalized spacial score (nSPS) is 29.6. The highest BCUT2D eigenvalue weighted by Crippen LogP contribution is 2.54. The molecule has 22 heavy (non-hydrogen) atoms. The van der Waals surface area contributed by atoms with E-state index in [0.717, 1.165) is 5.56 Å². The number of benzene rings is 2. The van der Waals surface area contributed by atoms with Crippen LogP contribution in [-0.4, -0.2) is 28.3 Å². The minimum atomic E-state index is -1.23. The van der Waals surface area contributed by atoms with Crippen molar-refractivity contribution in [1.82, 2.24) is 0 Å². The number of Topliss-reactive ketones (excluding diaryl/α,β-unsaturated/α-hetero) is 1. The molecule has 0 aromatic heterocycles. The molecule has 1 fully saturated rings. The van der Waals surface area contributed by atoms with Crippen molar-refractivity contribution in [3.63, 3.8) is 0 Å². The Bertz CT molecular complexity index is 746. The minimum Gasteiger partial charge on any atom is -0.474 e. The van der Waals surface area contributed by atoms with Crippen LogP contribution < -0.4 is 4.74 Å². The number of aliphatic hydroxyl groups excluding tert-OH is 1. The number of ketones is 1. The smallest absolute Gasteiger partial charge is 0.214 e. The van der Waals surface area contributed by atoms with E-state index >= 15 is 0 Å². The number of fused-ring (bicyclic) bond motifs is 1. The Morgan fingerprint density at radius 1 is 1.18 bits per heavy atom.